The van der Waals surface area contributed by atoms with Gasteiger partial charge in [0.1, 0.15) is 11.5 Å². The SMILES string of the molecule is Cc1nnnn1-c1cc(NC(=O)/C=C/c2ccc(NS(C)(=O)=O)cc2)ccc1F. The van der Waals surface area contributed by atoms with Crippen molar-refractivity contribution in [2.24, 2.45) is 0 Å². The van der Waals surface area contributed by atoms with Gasteiger partial charge in [-0.15, -0.1) is 5.10 Å². The highest BCUT2D eigenvalue weighted by molar-refractivity contribution is 7.92. The third-order valence-corrected chi connectivity index (χ3v) is 4.31. The molecule has 0 spiro atoms. The first-order valence-corrected chi connectivity index (χ1v) is 10.2. The second-order valence-corrected chi connectivity index (χ2v) is 7.87. The number of amides is 1. The van der Waals surface area contributed by atoms with Gasteiger partial charge in [-0.05, 0) is 59.3 Å². The van der Waals surface area contributed by atoms with E-state index in [4.69, 9.17) is 0 Å². The Kier molecular flexibility index (Phi) is 5.69. The first-order valence-electron chi connectivity index (χ1n) is 8.33. The van der Waals surface area contributed by atoms with Crippen LogP contribution in [0.4, 0.5) is 15.8 Å². The fourth-order valence-electron chi connectivity index (χ4n) is 2.44. The third kappa shape index (κ3) is 5.45. The Hall–Kier alpha value is -3.60. The van der Waals surface area contributed by atoms with E-state index in [9.17, 15) is 17.6 Å². The van der Waals surface area contributed by atoms with Gasteiger partial charge in [-0.1, -0.05) is 12.1 Å². The maximum absolute atomic E-state index is 14.1. The van der Waals surface area contributed by atoms with Crippen LogP contribution < -0.4 is 10.0 Å². The molecule has 0 unspecified atom stereocenters. The standard InChI is InChI=1S/C18H17FN6O3S/c1-12-21-23-24-25(12)17-11-15(8-9-16(17)19)20-18(26)10-5-13-3-6-14(7-4-13)22-29(2,27)28/h3-11,22H,1-2H3,(H,20,26)/b10-5+. The minimum absolute atomic E-state index is 0.114. The molecule has 1 aromatic heterocycles. The van der Waals surface area contributed by atoms with Crippen molar-refractivity contribution in [1.82, 2.24) is 20.2 Å². The molecule has 1 heterocycles. The Morgan fingerprint density at radius 2 is 1.83 bits per heavy atom. The average molecular weight is 416 g/mol. The molecule has 11 heteroatoms. The van der Waals surface area contributed by atoms with Crippen molar-refractivity contribution in [1.29, 1.82) is 0 Å². The molecule has 2 aromatic carbocycles. The summed E-state index contributed by atoms with van der Waals surface area (Å²) < 4.78 is 40.1. The van der Waals surface area contributed by atoms with Gasteiger partial charge in [0.05, 0.1) is 6.26 Å². The van der Waals surface area contributed by atoms with E-state index in [2.05, 4.69) is 25.6 Å². The highest BCUT2D eigenvalue weighted by atomic mass is 32.2. The number of hydrogen-bond acceptors (Lipinski definition) is 6. The van der Waals surface area contributed by atoms with E-state index in [1.807, 2.05) is 0 Å². The number of anilines is 2. The molecule has 0 bridgehead atoms. The summed E-state index contributed by atoms with van der Waals surface area (Å²) in [6, 6.07) is 10.6. The number of aryl methyl sites for hydroxylation is 1. The van der Waals surface area contributed by atoms with E-state index in [0.717, 1.165) is 6.26 Å². The van der Waals surface area contributed by atoms with Gasteiger partial charge in [0, 0.05) is 17.5 Å². The Morgan fingerprint density at radius 1 is 1.14 bits per heavy atom. The number of nitrogens with zero attached hydrogens (tertiary/aromatic N) is 4. The first-order chi connectivity index (χ1) is 13.7. The van der Waals surface area contributed by atoms with Crippen LogP contribution in [0.2, 0.25) is 0 Å². The molecule has 0 radical (unpaired) electrons. The number of aromatic nitrogens is 4. The normalized spacial score (nSPS) is 11.6. The molecular weight excluding hydrogens is 399 g/mol. The maximum Gasteiger partial charge on any atom is 0.248 e. The zero-order valence-electron chi connectivity index (χ0n) is 15.5. The fraction of sp³-hybridized carbons (Fsp3) is 0.111. The molecule has 29 heavy (non-hydrogen) atoms. The molecule has 0 fully saturated rings. The second-order valence-electron chi connectivity index (χ2n) is 6.12. The van der Waals surface area contributed by atoms with Crippen LogP contribution >= 0.6 is 0 Å². The van der Waals surface area contributed by atoms with Crippen molar-refractivity contribution < 1.29 is 17.6 Å². The smallest absolute Gasteiger partial charge is 0.248 e. The molecule has 3 aromatic rings. The van der Waals surface area contributed by atoms with Gasteiger partial charge in [0.2, 0.25) is 15.9 Å². The number of tetrazole rings is 1. The largest absolute Gasteiger partial charge is 0.322 e. The number of halogens is 1. The molecule has 0 atom stereocenters. The lowest BCUT2D eigenvalue weighted by Gasteiger charge is -2.07. The van der Waals surface area contributed by atoms with E-state index in [1.54, 1.807) is 37.3 Å². The van der Waals surface area contributed by atoms with Crippen LogP contribution in [0.1, 0.15) is 11.4 Å². The molecule has 3 rings (SSSR count). The van der Waals surface area contributed by atoms with Gasteiger partial charge >= 0.3 is 0 Å². The monoisotopic (exact) mass is 416 g/mol. The fourth-order valence-corrected chi connectivity index (χ4v) is 3.00. The zero-order valence-corrected chi connectivity index (χ0v) is 16.3. The number of benzene rings is 2. The lowest BCUT2D eigenvalue weighted by Crippen LogP contribution is -2.10. The van der Waals surface area contributed by atoms with E-state index < -0.39 is 21.7 Å². The number of rotatable bonds is 6. The summed E-state index contributed by atoms with van der Waals surface area (Å²) in [5, 5.41) is 13.5. The minimum atomic E-state index is -3.35. The quantitative estimate of drug-likeness (QED) is 0.594. The van der Waals surface area contributed by atoms with Crippen LogP contribution in [-0.4, -0.2) is 40.8 Å². The zero-order chi connectivity index (χ0) is 21.0. The first kappa shape index (κ1) is 20.1. The molecule has 0 aliphatic rings. The van der Waals surface area contributed by atoms with Crippen molar-refractivity contribution in [3.8, 4) is 5.69 Å². The van der Waals surface area contributed by atoms with Gasteiger partial charge in [-0.25, -0.2) is 12.8 Å². The summed E-state index contributed by atoms with van der Waals surface area (Å²) in [5.41, 5.74) is 1.61. The second kappa shape index (κ2) is 8.19. The third-order valence-electron chi connectivity index (χ3n) is 3.71. The van der Waals surface area contributed by atoms with Crippen molar-refractivity contribution in [3.63, 3.8) is 0 Å². The summed E-state index contributed by atoms with van der Waals surface area (Å²) >= 11 is 0. The van der Waals surface area contributed by atoms with Crippen molar-refractivity contribution in [2.75, 3.05) is 16.3 Å². The molecule has 0 saturated heterocycles. The predicted molar refractivity (Wildman–Crippen MR) is 106 cm³/mol. The van der Waals surface area contributed by atoms with E-state index in [-0.39, 0.29) is 5.69 Å². The average Bonchev–Trinajstić information content (AvgIpc) is 3.07. The van der Waals surface area contributed by atoms with E-state index in [0.29, 0.717) is 22.8 Å². The minimum Gasteiger partial charge on any atom is -0.322 e. The van der Waals surface area contributed by atoms with Gasteiger partial charge in [-0.2, -0.15) is 4.68 Å². The number of carbonyl (C=O) groups is 1. The van der Waals surface area contributed by atoms with Crippen molar-refractivity contribution >= 4 is 33.4 Å². The van der Waals surface area contributed by atoms with E-state index >= 15 is 0 Å². The van der Waals surface area contributed by atoms with Crippen LogP contribution in [0.15, 0.2) is 48.5 Å². The lowest BCUT2D eigenvalue weighted by molar-refractivity contribution is -0.111. The molecule has 9 nitrogen and oxygen atoms in total. The molecule has 2 N–H and O–H groups in total. The number of sulfonamides is 1. The molecule has 0 aliphatic heterocycles. The van der Waals surface area contributed by atoms with Crippen LogP contribution in [0.25, 0.3) is 11.8 Å². The summed E-state index contributed by atoms with van der Waals surface area (Å²) in [5.74, 6) is -0.549. The number of nitrogens with one attached hydrogen (secondary N) is 2. The van der Waals surface area contributed by atoms with E-state index in [1.165, 1.54) is 29.0 Å². The Bertz CT molecular complexity index is 1170. The van der Waals surface area contributed by atoms with Gasteiger partial charge in [0.25, 0.3) is 0 Å². The molecule has 1 amide bonds. The highest BCUT2D eigenvalue weighted by Gasteiger charge is 2.11. The molecule has 0 aliphatic carbocycles. The summed E-state index contributed by atoms with van der Waals surface area (Å²) in [6.45, 7) is 1.63. The summed E-state index contributed by atoms with van der Waals surface area (Å²) in [4.78, 5) is 12.2. The maximum atomic E-state index is 14.1. The van der Waals surface area contributed by atoms with Gasteiger partial charge < -0.3 is 5.32 Å². The Morgan fingerprint density at radius 3 is 2.45 bits per heavy atom. The Labute approximate surface area is 166 Å². The van der Waals surface area contributed by atoms with Crippen LogP contribution in [0.3, 0.4) is 0 Å². The number of carbonyl (C=O) groups excluding carboxylic acids is 1. The van der Waals surface area contributed by atoms with Gasteiger partial charge in [-0.3, -0.25) is 9.52 Å². The van der Waals surface area contributed by atoms with Crippen LogP contribution in [-0.2, 0) is 14.8 Å². The molecule has 150 valence electrons. The Balaban J connectivity index is 1.69. The van der Waals surface area contributed by atoms with Crippen molar-refractivity contribution in [3.05, 3.63) is 65.7 Å². The lowest BCUT2D eigenvalue weighted by atomic mass is 10.2. The molecule has 0 saturated carbocycles. The predicted octanol–water partition coefficient (Wildman–Crippen LogP) is 2.13. The van der Waals surface area contributed by atoms with Crippen LogP contribution in [0.5, 0.6) is 0 Å². The number of hydrogen-bond donors (Lipinski definition) is 2. The molecular formula is C18H17FN6O3S. The van der Waals surface area contributed by atoms with Gasteiger partial charge in [0.15, 0.2) is 5.82 Å². The highest BCUT2D eigenvalue weighted by Crippen LogP contribution is 2.19. The topological polar surface area (TPSA) is 119 Å². The van der Waals surface area contributed by atoms with Crippen LogP contribution in [0, 0.1) is 12.7 Å². The summed E-state index contributed by atoms with van der Waals surface area (Å²) in [6.07, 6.45) is 3.94. The van der Waals surface area contributed by atoms with Crippen molar-refractivity contribution in [2.45, 2.75) is 6.92 Å². The summed E-state index contributed by atoms with van der Waals surface area (Å²) in [7, 11) is -3.35.